The van der Waals surface area contributed by atoms with Gasteiger partial charge in [-0.25, -0.2) is 8.78 Å². The standard InChI is InChI=1S/C7H9F2IO/c8-7(9)3-6(7)1-5(2-10)11-4-6/h5H,1-4H2. The van der Waals surface area contributed by atoms with Crippen LogP contribution >= 0.6 is 22.6 Å². The van der Waals surface area contributed by atoms with Crippen molar-refractivity contribution >= 4 is 22.6 Å². The Morgan fingerprint density at radius 2 is 2.18 bits per heavy atom. The summed E-state index contributed by atoms with van der Waals surface area (Å²) in [6.45, 7) is 0.271. The van der Waals surface area contributed by atoms with E-state index in [4.69, 9.17) is 4.74 Å². The molecule has 2 aliphatic rings. The van der Waals surface area contributed by atoms with E-state index in [-0.39, 0.29) is 19.1 Å². The number of hydrogen-bond donors (Lipinski definition) is 0. The van der Waals surface area contributed by atoms with Crippen molar-refractivity contribution in [3.8, 4) is 0 Å². The summed E-state index contributed by atoms with van der Waals surface area (Å²) >= 11 is 2.18. The van der Waals surface area contributed by atoms with Gasteiger partial charge in [0.25, 0.3) is 5.92 Å². The molecule has 64 valence electrons. The molecule has 2 rings (SSSR count). The number of ether oxygens (including phenoxy) is 1. The van der Waals surface area contributed by atoms with Gasteiger partial charge in [-0.1, -0.05) is 22.6 Å². The normalized spacial score (nSPS) is 46.6. The van der Waals surface area contributed by atoms with E-state index in [9.17, 15) is 8.78 Å². The first-order valence-electron chi connectivity index (χ1n) is 3.65. The van der Waals surface area contributed by atoms with Crippen molar-refractivity contribution in [3.63, 3.8) is 0 Å². The summed E-state index contributed by atoms with van der Waals surface area (Å²) in [5.41, 5.74) is -0.747. The fraction of sp³-hybridized carbons (Fsp3) is 1.00. The Labute approximate surface area is 77.6 Å². The number of hydrogen-bond acceptors (Lipinski definition) is 1. The smallest absolute Gasteiger partial charge is 0.257 e. The van der Waals surface area contributed by atoms with Crippen LogP contribution in [0.4, 0.5) is 8.78 Å². The van der Waals surface area contributed by atoms with Gasteiger partial charge in [-0.3, -0.25) is 0 Å². The maximum absolute atomic E-state index is 12.7. The lowest BCUT2D eigenvalue weighted by Gasteiger charge is -2.03. The molecule has 0 radical (unpaired) electrons. The third kappa shape index (κ3) is 1.09. The fourth-order valence-corrected chi connectivity index (χ4v) is 2.25. The summed E-state index contributed by atoms with van der Waals surface area (Å²) in [7, 11) is 0. The molecule has 11 heavy (non-hydrogen) atoms. The predicted molar refractivity (Wildman–Crippen MR) is 45.2 cm³/mol. The van der Waals surface area contributed by atoms with Crippen molar-refractivity contribution in [2.24, 2.45) is 5.41 Å². The molecule has 1 heterocycles. The van der Waals surface area contributed by atoms with Crippen LogP contribution in [0.2, 0.25) is 0 Å². The lowest BCUT2D eigenvalue weighted by Crippen LogP contribution is -2.11. The zero-order valence-electron chi connectivity index (χ0n) is 5.95. The molecule has 4 heteroatoms. The van der Waals surface area contributed by atoms with Gasteiger partial charge in [0.2, 0.25) is 0 Å². The molecule has 0 amide bonds. The fourth-order valence-electron chi connectivity index (χ4n) is 1.69. The average Bonchev–Trinajstić information content (AvgIpc) is 2.35. The van der Waals surface area contributed by atoms with Gasteiger partial charge in [0.05, 0.1) is 18.1 Å². The monoisotopic (exact) mass is 274 g/mol. The quantitative estimate of drug-likeness (QED) is 0.526. The maximum Gasteiger partial charge on any atom is 0.257 e. The highest BCUT2D eigenvalue weighted by Gasteiger charge is 2.73. The number of alkyl halides is 3. The van der Waals surface area contributed by atoms with E-state index < -0.39 is 11.3 Å². The van der Waals surface area contributed by atoms with E-state index in [0.29, 0.717) is 6.42 Å². The average molecular weight is 274 g/mol. The second-order valence-electron chi connectivity index (χ2n) is 3.45. The first-order chi connectivity index (χ1) is 5.10. The maximum atomic E-state index is 12.7. The Morgan fingerprint density at radius 3 is 2.45 bits per heavy atom. The number of halogens is 3. The summed E-state index contributed by atoms with van der Waals surface area (Å²) in [5, 5.41) is 0. The summed E-state index contributed by atoms with van der Waals surface area (Å²) in [4.78, 5) is 0. The summed E-state index contributed by atoms with van der Waals surface area (Å²) < 4.78 is 31.5. The van der Waals surface area contributed by atoms with Gasteiger partial charge in [0.1, 0.15) is 0 Å². The number of rotatable bonds is 1. The molecule has 1 spiro atoms. The highest BCUT2D eigenvalue weighted by atomic mass is 127. The summed E-state index contributed by atoms with van der Waals surface area (Å²) in [5.74, 6) is -2.42. The second kappa shape index (κ2) is 2.28. The zero-order chi connectivity index (χ0) is 8.11. The molecule has 1 aliphatic carbocycles. The van der Waals surface area contributed by atoms with Crippen LogP contribution in [0.15, 0.2) is 0 Å². The molecular weight excluding hydrogens is 265 g/mol. The van der Waals surface area contributed by atoms with Crippen LogP contribution in [-0.4, -0.2) is 23.1 Å². The molecular formula is C7H9F2IO. The van der Waals surface area contributed by atoms with Crippen molar-refractivity contribution in [3.05, 3.63) is 0 Å². The highest BCUT2D eigenvalue weighted by molar-refractivity contribution is 14.1. The Hall–Kier alpha value is 0.550. The molecule has 1 nitrogen and oxygen atoms in total. The van der Waals surface area contributed by atoms with Gasteiger partial charge >= 0.3 is 0 Å². The van der Waals surface area contributed by atoms with Crippen molar-refractivity contribution in [2.75, 3.05) is 11.0 Å². The van der Waals surface area contributed by atoms with Crippen LogP contribution in [-0.2, 0) is 4.74 Å². The van der Waals surface area contributed by atoms with E-state index in [1.54, 1.807) is 0 Å². The minimum absolute atomic E-state index is 0.0488. The first-order valence-corrected chi connectivity index (χ1v) is 5.18. The molecule has 0 aromatic heterocycles. The van der Waals surface area contributed by atoms with Crippen LogP contribution in [0.25, 0.3) is 0 Å². The van der Waals surface area contributed by atoms with Crippen LogP contribution in [0, 0.1) is 5.41 Å². The van der Waals surface area contributed by atoms with Gasteiger partial charge in [-0.15, -0.1) is 0 Å². The van der Waals surface area contributed by atoms with Gasteiger partial charge in [0, 0.05) is 10.8 Å². The minimum atomic E-state index is -2.42. The first kappa shape index (κ1) is 8.16. The third-order valence-electron chi connectivity index (χ3n) is 2.60. The molecule has 2 atom stereocenters. The van der Waals surface area contributed by atoms with E-state index in [1.807, 2.05) is 0 Å². The molecule has 0 bridgehead atoms. The molecule has 0 aromatic carbocycles. The molecule has 1 saturated heterocycles. The molecule has 2 fully saturated rings. The lowest BCUT2D eigenvalue weighted by atomic mass is 10.0. The van der Waals surface area contributed by atoms with Crippen molar-refractivity contribution < 1.29 is 13.5 Å². The Bertz CT molecular complexity index is 185. The topological polar surface area (TPSA) is 9.23 Å². The molecule has 1 aliphatic heterocycles. The predicted octanol–water partition coefficient (Wildman–Crippen LogP) is 2.24. The third-order valence-corrected chi connectivity index (χ3v) is 3.58. The largest absolute Gasteiger partial charge is 0.377 e. The Balaban J connectivity index is 2.01. The van der Waals surface area contributed by atoms with Crippen LogP contribution < -0.4 is 0 Å². The van der Waals surface area contributed by atoms with Gasteiger partial charge in [0.15, 0.2) is 0 Å². The van der Waals surface area contributed by atoms with E-state index in [0.717, 1.165) is 4.43 Å². The molecule has 2 unspecified atom stereocenters. The minimum Gasteiger partial charge on any atom is -0.377 e. The van der Waals surface area contributed by atoms with Crippen LogP contribution in [0.1, 0.15) is 12.8 Å². The second-order valence-corrected chi connectivity index (χ2v) is 4.33. The van der Waals surface area contributed by atoms with Crippen molar-refractivity contribution in [1.29, 1.82) is 0 Å². The highest BCUT2D eigenvalue weighted by Crippen LogP contribution is 2.65. The van der Waals surface area contributed by atoms with Crippen LogP contribution in [0.5, 0.6) is 0 Å². The van der Waals surface area contributed by atoms with Gasteiger partial charge in [-0.2, -0.15) is 0 Å². The van der Waals surface area contributed by atoms with Gasteiger partial charge in [-0.05, 0) is 6.42 Å². The van der Waals surface area contributed by atoms with Gasteiger partial charge < -0.3 is 4.74 Å². The van der Waals surface area contributed by atoms with E-state index >= 15 is 0 Å². The van der Waals surface area contributed by atoms with Crippen molar-refractivity contribution in [1.82, 2.24) is 0 Å². The Morgan fingerprint density at radius 1 is 1.55 bits per heavy atom. The van der Waals surface area contributed by atoms with E-state index in [1.165, 1.54) is 0 Å². The Kier molecular flexibility index (Phi) is 1.69. The lowest BCUT2D eigenvalue weighted by molar-refractivity contribution is 0.0532. The van der Waals surface area contributed by atoms with Crippen molar-refractivity contribution in [2.45, 2.75) is 24.9 Å². The molecule has 0 N–H and O–H groups in total. The summed E-state index contributed by atoms with van der Waals surface area (Å²) in [6.07, 6.45) is 0.680. The molecule has 1 saturated carbocycles. The summed E-state index contributed by atoms with van der Waals surface area (Å²) in [6, 6.07) is 0. The van der Waals surface area contributed by atoms with E-state index in [2.05, 4.69) is 22.6 Å². The SMILES string of the molecule is FC1(F)CC12COC(CI)C2. The zero-order valence-corrected chi connectivity index (χ0v) is 8.11. The molecule has 0 aromatic rings. The van der Waals surface area contributed by atoms with Crippen LogP contribution in [0.3, 0.4) is 0 Å².